The van der Waals surface area contributed by atoms with Crippen LogP contribution in [0.25, 0.3) is 0 Å². The molecule has 1 aromatic carbocycles. The van der Waals surface area contributed by atoms with Gasteiger partial charge in [0.25, 0.3) is 0 Å². The number of nitrogens with zero attached hydrogens (tertiary/aromatic N) is 1. The molecule has 1 N–H and O–H groups in total. The Balaban J connectivity index is 2.14. The smallest absolute Gasteiger partial charge is 0.243 e. The molecule has 1 fully saturated rings. The average Bonchev–Trinajstić information content (AvgIpc) is 2.90. The average molecular weight is 352 g/mol. The summed E-state index contributed by atoms with van der Waals surface area (Å²) in [6, 6.07) is 7.04. The van der Waals surface area contributed by atoms with Crippen molar-refractivity contribution in [1.82, 2.24) is 4.31 Å². The van der Waals surface area contributed by atoms with Gasteiger partial charge in [-0.05, 0) is 51.2 Å². The minimum atomic E-state index is -3.43. The van der Waals surface area contributed by atoms with Crippen LogP contribution in [0.1, 0.15) is 39.2 Å². The van der Waals surface area contributed by atoms with Gasteiger partial charge in [-0.15, -0.1) is 0 Å². The fourth-order valence-corrected chi connectivity index (χ4v) is 4.63. The molecule has 134 valence electrons. The number of hydrogen-bond donors (Lipinski definition) is 1. The zero-order valence-corrected chi connectivity index (χ0v) is 15.9. The number of aliphatic hydroxyl groups is 1. The van der Waals surface area contributed by atoms with Gasteiger partial charge in [0.2, 0.25) is 10.0 Å². The van der Waals surface area contributed by atoms with Crippen LogP contribution in [0.5, 0.6) is 0 Å². The zero-order valence-electron chi connectivity index (χ0n) is 15.1. The molecule has 5 heteroatoms. The Morgan fingerprint density at radius 1 is 1.25 bits per heavy atom. The molecule has 0 radical (unpaired) electrons. The van der Waals surface area contributed by atoms with E-state index in [1.54, 1.807) is 30.3 Å². The van der Waals surface area contributed by atoms with E-state index in [1.807, 2.05) is 25.1 Å². The van der Waals surface area contributed by atoms with Gasteiger partial charge in [0, 0.05) is 13.1 Å². The highest BCUT2D eigenvalue weighted by Crippen LogP contribution is 2.32. The molecule has 1 heterocycles. The van der Waals surface area contributed by atoms with Gasteiger partial charge in [-0.2, -0.15) is 4.31 Å². The molecule has 0 bridgehead atoms. The van der Waals surface area contributed by atoms with Crippen LogP contribution >= 0.6 is 0 Å². The Morgan fingerprint density at radius 3 is 2.42 bits per heavy atom. The largest absolute Gasteiger partial charge is 0.390 e. The molecule has 0 saturated carbocycles. The summed E-state index contributed by atoms with van der Waals surface area (Å²) in [5.74, 6) is 0.529. The lowest BCUT2D eigenvalue weighted by atomic mass is 9.92. The summed E-state index contributed by atoms with van der Waals surface area (Å²) in [6.07, 6.45) is 5.58. The molecule has 4 nitrogen and oxygen atoms in total. The molecule has 0 amide bonds. The fourth-order valence-electron chi connectivity index (χ4n) is 3.09. The van der Waals surface area contributed by atoms with E-state index < -0.39 is 15.6 Å². The molecule has 0 spiro atoms. The molecule has 1 aliphatic rings. The highest BCUT2D eigenvalue weighted by Gasteiger charge is 2.37. The fraction of sp³-hybridized carbons (Fsp3) is 0.579. The topological polar surface area (TPSA) is 57.6 Å². The predicted octanol–water partition coefficient (Wildman–Crippen LogP) is 3.36. The first kappa shape index (κ1) is 19.2. The van der Waals surface area contributed by atoms with Crippen molar-refractivity contribution in [3.63, 3.8) is 0 Å². The van der Waals surface area contributed by atoms with Crippen molar-refractivity contribution >= 4 is 10.0 Å². The second-order valence-corrected chi connectivity index (χ2v) is 9.35. The maximum absolute atomic E-state index is 12.8. The molecule has 1 aromatic rings. The summed E-state index contributed by atoms with van der Waals surface area (Å²) in [7, 11) is -3.43. The first-order chi connectivity index (χ1) is 11.1. The third-order valence-corrected chi connectivity index (χ3v) is 6.49. The lowest BCUT2D eigenvalue weighted by Gasteiger charge is -2.16. The van der Waals surface area contributed by atoms with Crippen LogP contribution in [0.4, 0.5) is 0 Å². The summed E-state index contributed by atoms with van der Waals surface area (Å²) >= 11 is 0. The monoisotopic (exact) mass is 351 g/mol. The lowest BCUT2D eigenvalue weighted by molar-refractivity contribution is 0.0837. The lowest BCUT2D eigenvalue weighted by Crippen LogP contribution is -2.29. The number of aryl methyl sites for hydroxylation is 1. The highest BCUT2D eigenvalue weighted by molar-refractivity contribution is 7.89. The first-order valence-corrected chi connectivity index (χ1v) is 10.0. The van der Waals surface area contributed by atoms with Gasteiger partial charge in [-0.3, -0.25) is 0 Å². The van der Waals surface area contributed by atoms with E-state index in [-0.39, 0.29) is 5.92 Å². The number of benzene rings is 1. The van der Waals surface area contributed by atoms with Crippen LogP contribution in [0.2, 0.25) is 0 Å². The van der Waals surface area contributed by atoms with Crippen LogP contribution in [0, 0.1) is 18.8 Å². The highest BCUT2D eigenvalue weighted by atomic mass is 32.2. The second kappa shape index (κ2) is 7.38. The maximum Gasteiger partial charge on any atom is 0.243 e. The van der Waals surface area contributed by atoms with Gasteiger partial charge in [-0.1, -0.05) is 43.2 Å². The van der Waals surface area contributed by atoms with Crippen LogP contribution in [0.15, 0.2) is 41.3 Å². The summed E-state index contributed by atoms with van der Waals surface area (Å²) in [5.41, 5.74) is 0.319. The summed E-state index contributed by atoms with van der Waals surface area (Å²) in [6.45, 7) is 8.67. The molecule has 0 aromatic heterocycles. The van der Waals surface area contributed by atoms with Gasteiger partial charge in [-0.25, -0.2) is 8.42 Å². The van der Waals surface area contributed by atoms with E-state index in [1.165, 1.54) is 0 Å². The molecular weight excluding hydrogens is 322 g/mol. The summed E-state index contributed by atoms with van der Waals surface area (Å²) < 4.78 is 27.3. The van der Waals surface area contributed by atoms with E-state index >= 15 is 0 Å². The van der Waals surface area contributed by atoms with Gasteiger partial charge >= 0.3 is 0 Å². The normalized spacial score (nSPS) is 23.2. The molecule has 1 aliphatic heterocycles. The third-order valence-electron chi connectivity index (χ3n) is 4.64. The van der Waals surface area contributed by atoms with Crippen molar-refractivity contribution < 1.29 is 13.5 Å². The van der Waals surface area contributed by atoms with Crippen LogP contribution < -0.4 is 0 Å². The van der Waals surface area contributed by atoms with Crippen molar-refractivity contribution in [3.8, 4) is 0 Å². The van der Waals surface area contributed by atoms with Crippen LogP contribution in [0.3, 0.4) is 0 Å². The van der Waals surface area contributed by atoms with Crippen LogP contribution in [-0.4, -0.2) is 36.5 Å². The van der Waals surface area contributed by atoms with Gasteiger partial charge in [0.15, 0.2) is 0 Å². The van der Waals surface area contributed by atoms with Crippen LogP contribution in [-0.2, 0) is 10.0 Å². The quantitative estimate of drug-likeness (QED) is 0.800. The van der Waals surface area contributed by atoms with E-state index in [4.69, 9.17) is 0 Å². The number of sulfonamides is 1. The van der Waals surface area contributed by atoms with Gasteiger partial charge < -0.3 is 5.11 Å². The molecule has 0 unspecified atom stereocenters. The molecular formula is C19H29NO3S. The standard InChI is InChI=1S/C19H29NO3S/c1-5-16-13-20(14-17(16)7-6-12-19(3,4)21)24(22,23)18-10-8-15(2)9-11-18/h6-11,16-17,21H,5,12-14H2,1-4H3/b7-6+/t16-,17-/m1/s1. The molecule has 1 saturated heterocycles. The van der Waals surface area contributed by atoms with Crippen molar-refractivity contribution in [3.05, 3.63) is 42.0 Å². The second-order valence-electron chi connectivity index (χ2n) is 7.41. The molecule has 0 aliphatic carbocycles. The van der Waals surface area contributed by atoms with Gasteiger partial charge in [0.1, 0.15) is 0 Å². The van der Waals surface area contributed by atoms with E-state index in [9.17, 15) is 13.5 Å². The van der Waals surface area contributed by atoms with E-state index in [0.29, 0.717) is 30.3 Å². The maximum atomic E-state index is 12.8. The minimum absolute atomic E-state index is 0.206. The number of rotatable bonds is 6. The third kappa shape index (κ3) is 4.68. The molecule has 2 rings (SSSR count). The van der Waals surface area contributed by atoms with Crippen molar-refractivity contribution in [2.75, 3.05) is 13.1 Å². The van der Waals surface area contributed by atoms with Crippen molar-refractivity contribution in [2.24, 2.45) is 11.8 Å². The Bertz CT molecular complexity index is 672. The Labute approximate surface area is 146 Å². The minimum Gasteiger partial charge on any atom is -0.390 e. The zero-order chi connectivity index (χ0) is 18.0. The number of hydrogen-bond acceptors (Lipinski definition) is 3. The molecule has 24 heavy (non-hydrogen) atoms. The predicted molar refractivity (Wildman–Crippen MR) is 97.3 cm³/mol. The Kier molecular flexibility index (Phi) is 5.89. The summed E-state index contributed by atoms with van der Waals surface area (Å²) in [5, 5.41) is 9.81. The molecule has 2 atom stereocenters. The van der Waals surface area contributed by atoms with Gasteiger partial charge in [0.05, 0.1) is 10.5 Å². The van der Waals surface area contributed by atoms with Crippen molar-refractivity contribution in [2.45, 2.75) is 51.0 Å². The Hall–Kier alpha value is -1.17. The van der Waals surface area contributed by atoms with E-state index in [2.05, 4.69) is 13.0 Å². The van der Waals surface area contributed by atoms with E-state index in [0.717, 1.165) is 12.0 Å². The Morgan fingerprint density at radius 2 is 1.88 bits per heavy atom. The summed E-state index contributed by atoms with van der Waals surface area (Å²) in [4.78, 5) is 0.365. The van der Waals surface area contributed by atoms with Crippen molar-refractivity contribution in [1.29, 1.82) is 0 Å². The first-order valence-electron chi connectivity index (χ1n) is 8.59. The SMILES string of the molecule is CC[C@@H]1CN(S(=O)(=O)c2ccc(C)cc2)C[C@H]1/C=C/CC(C)(C)O.